The topological polar surface area (TPSA) is 137 Å². The average Bonchev–Trinajstić information content (AvgIpc) is 2.69. The molecule has 144 valence electrons. The predicted molar refractivity (Wildman–Crippen MR) is 96.8 cm³/mol. The Morgan fingerprint density at radius 3 is 2.82 bits per heavy atom. The van der Waals surface area contributed by atoms with Crippen molar-refractivity contribution < 1.29 is 29.0 Å². The summed E-state index contributed by atoms with van der Waals surface area (Å²) < 4.78 is 4.87. The maximum Gasteiger partial charge on any atom is 0.352 e. The molecule has 9 nitrogen and oxygen atoms in total. The number of carbonyl (C=O) groups excluding carboxylic acids is 3. The monoisotopic (exact) mass is 401 g/mol. The zero-order valence-corrected chi connectivity index (χ0v) is 15.5. The lowest BCUT2D eigenvalue weighted by Gasteiger charge is -2.49. The largest absolute Gasteiger partial charge is 0.477 e. The molecule has 1 fully saturated rings. The van der Waals surface area contributed by atoms with Gasteiger partial charge in [-0.25, -0.2) is 4.79 Å². The fourth-order valence-electron chi connectivity index (χ4n) is 2.94. The van der Waals surface area contributed by atoms with E-state index in [9.17, 15) is 24.3 Å². The Bertz CT molecular complexity index is 951. The number of thioether (sulfide) groups is 1. The highest BCUT2D eigenvalue weighted by atomic mass is 32.2. The predicted octanol–water partition coefficient (Wildman–Crippen LogP) is 0.474. The van der Waals surface area contributed by atoms with Crippen molar-refractivity contribution in [3.8, 4) is 6.07 Å². The summed E-state index contributed by atoms with van der Waals surface area (Å²) in [6.07, 6.45) is 0. The summed E-state index contributed by atoms with van der Waals surface area (Å²) in [4.78, 5) is 48.7. The van der Waals surface area contributed by atoms with Gasteiger partial charge in [-0.3, -0.25) is 19.3 Å². The molecule has 0 spiro atoms. The molecule has 0 aromatic heterocycles. The van der Waals surface area contributed by atoms with Gasteiger partial charge in [0.25, 0.3) is 11.8 Å². The number of carboxylic acids is 1. The van der Waals surface area contributed by atoms with Crippen molar-refractivity contribution >= 4 is 35.5 Å². The van der Waals surface area contributed by atoms with Gasteiger partial charge in [0.05, 0.1) is 11.6 Å². The maximum atomic E-state index is 12.5. The molecule has 2 atom stereocenters. The Morgan fingerprint density at radius 1 is 1.43 bits per heavy atom. The van der Waals surface area contributed by atoms with Gasteiger partial charge < -0.3 is 15.2 Å². The number of rotatable bonds is 5. The normalized spacial score (nSPS) is 20.6. The molecule has 2 aliphatic heterocycles. The summed E-state index contributed by atoms with van der Waals surface area (Å²) in [7, 11) is 0. The molecule has 0 unspecified atom stereocenters. The standard InChI is InChI=1S/C18H15N3O6S/c1-9(22)27-7-12-8-28-17-13(16(24)21(17)14(12)18(25)26)20-15(23)11-4-2-3-10(5-11)6-19/h2-5,13,17H,7-8H2,1H3,(H,20,23)(H,25,26)/t13-,17+/m0/s1. The highest BCUT2D eigenvalue weighted by Crippen LogP contribution is 2.40. The van der Waals surface area contributed by atoms with E-state index in [2.05, 4.69) is 5.32 Å². The summed E-state index contributed by atoms with van der Waals surface area (Å²) in [6.45, 7) is 1.000. The molecule has 2 amide bonds. The number of amides is 2. The van der Waals surface area contributed by atoms with Gasteiger partial charge in [-0.05, 0) is 18.2 Å². The van der Waals surface area contributed by atoms with Gasteiger partial charge >= 0.3 is 11.9 Å². The van der Waals surface area contributed by atoms with E-state index in [1.54, 1.807) is 12.1 Å². The second kappa shape index (κ2) is 7.74. The number of hydrogen-bond acceptors (Lipinski definition) is 7. The maximum absolute atomic E-state index is 12.5. The number of β-lactam (4-membered cyclic amide) rings is 1. The van der Waals surface area contributed by atoms with Crippen LogP contribution in [0.5, 0.6) is 0 Å². The number of aliphatic carboxylic acids is 1. The average molecular weight is 401 g/mol. The molecule has 10 heteroatoms. The van der Waals surface area contributed by atoms with Gasteiger partial charge in [-0.15, -0.1) is 11.8 Å². The van der Waals surface area contributed by atoms with E-state index >= 15 is 0 Å². The van der Waals surface area contributed by atoms with Crippen LogP contribution in [0.2, 0.25) is 0 Å². The number of carbonyl (C=O) groups is 4. The Labute approximate surface area is 163 Å². The first-order valence-electron chi connectivity index (χ1n) is 8.18. The van der Waals surface area contributed by atoms with E-state index in [0.29, 0.717) is 11.1 Å². The zero-order valence-electron chi connectivity index (χ0n) is 14.7. The third-order valence-electron chi connectivity index (χ3n) is 4.24. The molecule has 0 radical (unpaired) electrons. The number of hydrogen-bond donors (Lipinski definition) is 2. The molecule has 2 aliphatic rings. The van der Waals surface area contributed by atoms with Gasteiger partial charge in [0.1, 0.15) is 23.7 Å². The van der Waals surface area contributed by atoms with E-state index in [1.165, 1.54) is 30.8 Å². The molecule has 0 aliphatic carbocycles. The van der Waals surface area contributed by atoms with E-state index < -0.39 is 35.2 Å². The van der Waals surface area contributed by atoms with Crippen LogP contribution in [-0.4, -0.2) is 57.5 Å². The van der Waals surface area contributed by atoms with Gasteiger partial charge in [-0.1, -0.05) is 6.07 Å². The zero-order chi connectivity index (χ0) is 20.4. The molecule has 2 heterocycles. The number of esters is 1. The van der Waals surface area contributed by atoms with Crippen LogP contribution >= 0.6 is 11.8 Å². The second-order valence-corrected chi connectivity index (χ2v) is 7.20. The first-order chi connectivity index (χ1) is 13.3. The van der Waals surface area contributed by atoms with Crippen molar-refractivity contribution in [2.24, 2.45) is 0 Å². The Kier molecular flexibility index (Phi) is 5.37. The van der Waals surface area contributed by atoms with Crippen molar-refractivity contribution in [1.29, 1.82) is 5.26 Å². The van der Waals surface area contributed by atoms with Crippen LogP contribution in [0.15, 0.2) is 35.5 Å². The van der Waals surface area contributed by atoms with Gasteiger partial charge in [0, 0.05) is 23.8 Å². The quantitative estimate of drug-likeness (QED) is 0.537. The van der Waals surface area contributed by atoms with Crippen molar-refractivity contribution in [2.75, 3.05) is 12.4 Å². The minimum Gasteiger partial charge on any atom is -0.477 e. The molecule has 1 aromatic carbocycles. The van der Waals surface area contributed by atoms with E-state index in [0.717, 1.165) is 4.90 Å². The number of nitrogens with zero attached hydrogens (tertiary/aromatic N) is 2. The van der Waals surface area contributed by atoms with Crippen molar-refractivity contribution in [3.63, 3.8) is 0 Å². The van der Waals surface area contributed by atoms with E-state index in [1.807, 2.05) is 6.07 Å². The first-order valence-corrected chi connectivity index (χ1v) is 9.22. The van der Waals surface area contributed by atoms with Crippen LogP contribution in [0.4, 0.5) is 0 Å². The van der Waals surface area contributed by atoms with Crippen molar-refractivity contribution in [2.45, 2.75) is 18.3 Å². The Balaban J connectivity index is 1.76. The molecule has 1 aromatic rings. The fourth-order valence-corrected chi connectivity index (χ4v) is 4.26. The number of ether oxygens (including phenoxy) is 1. The minimum absolute atomic E-state index is 0.210. The highest BCUT2D eigenvalue weighted by molar-refractivity contribution is 8.00. The van der Waals surface area contributed by atoms with Gasteiger partial charge in [0.15, 0.2) is 0 Å². The van der Waals surface area contributed by atoms with Crippen molar-refractivity contribution in [1.82, 2.24) is 10.2 Å². The van der Waals surface area contributed by atoms with Crippen LogP contribution < -0.4 is 5.32 Å². The Morgan fingerprint density at radius 2 is 2.18 bits per heavy atom. The van der Waals surface area contributed by atoms with Crippen LogP contribution in [0.25, 0.3) is 0 Å². The number of carboxylic acid groups (broad SMARTS) is 1. The highest BCUT2D eigenvalue weighted by Gasteiger charge is 2.54. The fraction of sp³-hybridized carbons (Fsp3) is 0.278. The number of benzene rings is 1. The molecule has 0 bridgehead atoms. The summed E-state index contributed by atoms with van der Waals surface area (Å²) in [5.74, 6) is -2.68. The van der Waals surface area contributed by atoms with Gasteiger partial charge in [-0.2, -0.15) is 5.26 Å². The third-order valence-corrected chi connectivity index (χ3v) is 5.58. The van der Waals surface area contributed by atoms with Gasteiger partial charge in [0.2, 0.25) is 0 Å². The van der Waals surface area contributed by atoms with E-state index in [-0.39, 0.29) is 23.6 Å². The lowest BCUT2D eigenvalue weighted by molar-refractivity contribution is -0.149. The second-order valence-electron chi connectivity index (χ2n) is 6.09. The summed E-state index contributed by atoms with van der Waals surface area (Å²) in [5, 5.41) is 20.5. The summed E-state index contributed by atoms with van der Waals surface area (Å²) in [6, 6.07) is 7.09. The first kappa shape index (κ1) is 19.4. The third kappa shape index (κ3) is 3.57. The van der Waals surface area contributed by atoms with Crippen LogP contribution in [0.1, 0.15) is 22.8 Å². The van der Waals surface area contributed by atoms with Crippen molar-refractivity contribution in [3.05, 3.63) is 46.7 Å². The number of nitrogens with one attached hydrogen (secondary N) is 1. The number of fused-ring (bicyclic) bond motifs is 1. The smallest absolute Gasteiger partial charge is 0.352 e. The SMILES string of the molecule is CC(=O)OCC1=C(C(=O)O)N2C(=O)[C@H](NC(=O)c3cccc(C#N)c3)[C@H]2SC1. The molecular weight excluding hydrogens is 386 g/mol. The Hall–Kier alpha value is -3.32. The van der Waals surface area contributed by atoms with Crippen LogP contribution in [0, 0.1) is 11.3 Å². The molecule has 2 N–H and O–H groups in total. The lowest BCUT2D eigenvalue weighted by Crippen LogP contribution is -2.70. The molecule has 28 heavy (non-hydrogen) atoms. The lowest BCUT2D eigenvalue weighted by atomic mass is 10.0. The summed E-state index contributed by atoms with van der Waals surface area (Å²) >= 11 is 1.28. The molecule has 3 rings (SSSR count). The molecule has 1 saturated heterocycles. The number of nitriles is 1. The molecule has 0 saturated carbocycles. The van der Waals surface area contributed by atoms with E-state index in [4.69, 9.17) is 10.00 Å². The van der Waals surface area contributed by atoms with Crippen LogP contribution in [0.3, 0.4) is 0 Å². The van der Waals surface area contributed by atoms with Crippen LogP contribution in [-0.2, 0) is 19.1 Å². The molecular formula is C18H15N3O6S. The minimum atomic E-state index is -1.30. The summed E-state index contributed by atoms with van der Waals surface area (Å²) in [5.41, 5.74) is 0.652.